The minimum Gasteiger partial charge on any atom is -0.482 e. The number of hydrogen-bond donors (Lipinski definition) is 0. The molecule has 0 bridgehead atoms. The summed E-state index contributed by atoms with van der Waals surface area (Å²) in [6.45, 7) is 1.76. The average molecular weight is 419 g/mol. The normalized spacial score (nSPS) is 10.5. The molecule has 0 atom stereocenters. The van der Waals surface area contributed by atoms with E-state index in [1.165, 1.54) is 18.2 Å². The SMILES string of the molecule is Cc1cc(Br)cc([N+](=O)[O-])c1OCc1cc(F)cc(Br)c1. The second-order valence-electron chi connectivity index (χ2n) is 4.39. The summed E-state index contributed by atoms with van der Waals surface area (Å²) in [5.41, 5.74) is 1.09. The number of nitro groups is 1. The summed E-state index contributed by atoms with van der Waals surface area (Å²) in [4.78, 5) is 10.6. The van der Waals surface area contributed by atoms with Gasteiger partial charge in [0.1, 0.15) is 12.4 Å². The van der Waals surface area contributed by atoms with E-state index in [9.17, 15) is 14.5 Å². The zero-order valence-electron chi connectivity index (χ0n) is 10.9. The predicted molar refractivity (Wildman–Crippen MR) is 84.0 cm³/mol. The highest BCUT2D eigenvalue weighted by Gasteiger charge is 2.19. The third-order valence-corrected chi connectivity index (χ3v) is 3.64. The molecule has 7 heteroatoms. The van der Waals surface area contributed by atoms with Gasteiger partial charge in [0, 0.05) is 15.0 Å². The molecule has 21 heavy (non-hydrogen) atoms. The molecule has 110 valence electrons. The molecule has 0 N–H and O–H groups in total. The van der Waals surface area contributed by atoms with E-state index in [4.69, 9.17) is 4.74 Å². The number of aryl methyl sites for hydroxylation is 1. The molecule has 2 rings (SSSR count). The zero-order chi connectivity index (χ0) is 15.6. The van der Waals surface area contributed by atoms with Crippen molar-refractivity contribution in [2.75, 3.05) is 0 Å². The van der Waals surface area contributed by atoms with E-state index in [1.54, 1.807) is 19.1 Å². The van der Waals surface area contributed by atoms with Crippen LogP contribution in [-0.4, -0.2) is 4.92 Å². The molecule has 0 aliphatic rings. The van der Waals surface area contributed by atoms with Crippen molar-refractivity contribution in [3.8, 4) is 5.75 Å². The molecule has 0 aromatic heterocycles. The van der Waals surface area contributed by atoms with Crippen molar-refractivity contribution >= 4 is 37.5 Å². The van der Waals surface area contributed by atoms with Crippen molar-refractivity contribution in [2.24, 2.45) is 0 Å². The Morgan fingerprint density at radius 1 is 1.19 bits per heavy atom. The maximum absolute atomic E-state index is 13.3. The summed E-state index contributed by atoms with van der Waals surface area (Å²) in [6.07, 6.45) is 0. The first-order valence-corrected chi connectivity index (χ1v) is 7.47. The monoisotopic (exact) mass is 417 g/mol. The molecule has 0 spiro atoms. The van der Waals surface area contributed by atoms with Gasteiger partial charge in [-0.05, 0) is 42.3 Å². The van der Waals surface area contributed by atoms with Gasteiger partial charge in [-0.3, -0.25) is 10.1 Å². The van der Waals surface area contributed by atoms with Crippen LogP contribution in [0.5, 0.6) is 5.75 Å². The molecule has 0 saturated heterocycles. The summed E-state index contributed by atoms with van der Waals surface area (Å²) < 4.78 is 20.0. The molecule has 0 amide bonds. The molecule has 0 heterocycles. The van der Waals surface area contributed by atoms with Gasteiger partial charge in [-0.2, -0.15) is 0 Å². The molecule has 0 radical (unpaired) electrons. The van der Waals surface area contributed by atoms with Gasteiger partial charge >= 0.3 is 5.69 Å². The fourth-order valence-corrected chi connectivity index (χ4v) is 2.96. The topological polar surface area (TPSA) is 52.4 Å². The Balaban J connectivity index is 2.29. The third kappa shape index (κ3) is 4.01. The van der Waals surface area contributed by atoms with Gasteiger partial charge in [-0.1, -0.05) is 31.9 Å². The van der Waals surface area contributed by atoms with E-state index in [0.717, 1.165) is 0 Å². The van der Waals surface area contributed by atoms with Gasteiger partial charge < -0.3 is 4.74 Å². The van der Waals surface area contributed by atoms with Gasteiger partial charge in [-0.15, -0.1) is 0 Å². The number of halogens is 3. The highest BCUT2D eigenvalue weighted by Crippen LogP contribution is 2.34. The van der Waals surface area contributed by atoms with Crippen LogP contribution in [0.1, 0.15) is 11.1 Å². The Bertz CT molecular complexity index is 687. The van der Waals surface area contributed by atoms with Gasteiger partial charge in [-0.25, -0.2) is 4.39 Å². The zero-order valence-corrected chi connectivity index (χ0v) is 14.1. The first kappa shape index (κ1) is 15.9. The van der Waals surface area contributed by atoms with Crippen molar-refractivity contribution < 1.29 is 14.1 Å². The summed E-state index contributed by atoms with van der Waals surface area (Å²) in [5.74, 6) is -0.214. The third-order valence-electron chi connectivity index (χ3n) is 2.72. The van der Waals surface area contributed by atoms with Crippen LogP contribution in [0.4, 0.5) is 10.1 Å². The van der Waals surface area contributed by atoms with E-state index in [-0.39, 0.29) is 18.0 Å². The maximum Gasteiger partial charge on any atom is 0.312 e. The number of nitrogens with zero attached hydrogens (tertiary/aromatic N) is 1. The number of hydrogen-bond acceptors (Lipinski definition) is 3. The molecule has 0 aliphatic heterocycles. The lowest BCUT2D eigenvalue weighted by Crippen LogP contribution is -2.01. The minimum atomic E-state index is -0.505. The maximum atomic E-state index is 13.3. The summed E-state index contributed by atoms with van der Waals surface area (Å²) in [7, 11) is 0. The van der Waals surface area contributed by atoms with Crippen LogP contribution in [0.25, 0.3) is 0 Å². The van der Waals surface area contributed by atoms with Crippen molar-refractivity contribution in [2.45, 2.75) is 13.5 Å². The lowest BCUT2D eigenvalue weighted by atomic mass is 10.2. The van der Waals surface area contributed by atoms with E-state index < -0.39 is 10.7 Å². The minimum absolute atomic E-state index is 0.0413. The largest absolute Gasteiger partial charge is 0.482 e. The molecule has 0 unspecified atom stereocenters. The Morgan fingerprint density at radius 2 is 1.86 bits per heavy atom. The fraction of sp³-hybridized carbons (Fsp3) is 0.143. The van der Waals surface area contributed by atoms with Crippen LogP contribution in [0, 0.1) is 22.9 Å². The van der Waals surface area contributed by atoms with Crippen molar-refractivity contribution in [1.82, 2.24) is 0 Å². The van der Waals surface area contributed by atoms with Crippen molar-refractivity contribution in [3.05, 3.63) is 66.3 Å². The highest BCUT2D eigenvalue weighted by molar-refractivity contribution is 9.10. The van der Waals surface area contributed by atoms with Crippen LogP contribution in [0.3, 0.4) is 0 Å². The average Bonchev–Trinajstić information content (AvgIpc) is 2.35. The number of nitro benzene ring substituents is 1. The second kappa shape index (κ2) is 6.53. The molecular formula is C14H10Br2FNO3. The quantitative estimate of drug-likeness (QED) is 0.509. The first-order chi connectivity index (χ1) is 9.86. The van der Waals surface area contributed by atoms with Gasteiger partial charge in [0.15, 0.2) is 5.75 Å². The molecule has 0 saturated carbocycles. The van der Waals surface area contributed by atoms with Crippen LogP contribution >= 0.6 is 31.9 Å². The van der Waals surface area contributed by atoms with Crippen LogP contribution < -0.4 is 4.74 Å². The molecule has 4 nitrogen and oxygen atoms in total. The summed E-state index contributed by atoms with van der Waals surface area (Å²) in [6, 6.07) is 7.46. The first-order valence-electron chi connectivity index (χ1n) is 5.89. The second-order valence-corrected chi connectivity index (χ2v) is 6.23. The van der Waals surface area contributed by atoms with Gasteiger partial charge in [0.2, 0.25) is 0 Å². The Labute approximate surface area is 137 Å². The van der Waals surface area contributed by atoms with Crippen molar-refractivity contribution in [1.29, 1.82) is 0 Å². The molecule has 2 aromatic rings. The highest BCUT2D eigenvalue weighted by atomic mass is 79.9. The summed E-state index contributed by atoms with van der Waals surface area (Å²) in [5, 5.41) is 11.1. The number of ether oxygens (including phenoxy) is 1. The fourth-order valence-electron chi connectivity index (χ4n) is 1.89. The van der Waals surface area contributed by atoms with Crippen LogP contribution in [0.15, 0.2) is 39.3 Å². The van der Waals surface area contributed by atoms with E-state index in [2.05, 4.69) is 31.9 Å². The molecule has 2 aromatic carbocycles. The van der Waals surface area contributed by atoms with Crippen molar-refractivity contribution in [3.63, 3.8) is 0 Å². The van der Waals surface area contributed by atoms with E-state index in [0.29, 0.717) is 20.1 Å². The van der Waals surface area contributed by atoms with E-state index in [1.807, 2.05) is 0 Å². The van der Waals surface area contributed by atoms with Gasteiger partial charge in [0.25, 0.3) is 0 Å². The Kier molecular flexibility index (Phi) is 4.95. The van der Waals surface area contributed by atoms with Gasteiger partial charge in [0.05, 0.1) is 4.92 Å². The smallest absolute Gasteiger partial charge is 0.312 e. The predicted octanol–water partition coefficient (Wildman–Crippen LogP) is 5.15. The standard InChI is InChI=1S/C14H10Br2FNO3/c1-8-2-10(15)6-13(18(19)20)14(8)21-7-9-3-11(16)5-12(17)4-9/h2-6H,7H2,1H3. The number of benzene rings is 2. The van der Waals surface area contributed by atoms with E-state index >= 15 is 0 Å². The lowest BCUT2D eigenvalue weighted by Gasteiger charge is -2.10. The molecule has 0 fully saturated rings. The van der Waals surface area contributed by atoms with Crippen LogP contribution in [0.2, 0.25) is 0 Å². The number of rotatable bonds is 4. The Morgan fingerprint density at radius 3 is 2.48 bits per heavy atom. The summed E-state index contributed by atoms with van der Waals surface area (Å²) >= 11 is 6.41. The molecular weight excluding hydrogens is 409 g/mol. The van der Waals surface area contributed by atoms with Crippen LogP contribution in [-0.2, 0) is 6.61 Å². The Hall–Kier alpha value is -1.47. The lowest BCUT2D eigenvalue weighted by molar-refractivity contribution is -0.386. The molecule has 0 aliphatic carbocycles.